The molecule has 1 amide bonds. The van der Waals surface area contributed by atoms with Gasteiger partial charge in [0.2, 0.25) is 5.91 Å². The van der Waals surface area contributed by atoms with Crippen LogP contribution in [-0.4, -0.2) is 5.91 Å². The van der Waals surface area contributed by atoms with Crippen molar-refractivity contribution in [2.45, 2.75) is 44.6 Å². The predicted molar refractivity (Wildman–Crippen MR) is 65.0 cm³/mol. The molecule has 1 N–H and O–H groups in total. The normalized spacial score (nSPS) is 24.4. The number of carbonyl (C=O) groups excluding carboxylic acids is 1. The lowest BCUT2D eigenvalue weighted by atomic mass is 9.84. The van der Waals surface area contributed by atoms with E-state index in [-0.39, 0.29) is 11.4 Å². The van der Waals surface area contributed by atoms with Crippen molar-refractivity contribution in [3.05, 3.63) is 35.9 Å². The molecule has 1 fully saturated rings. The molecule has 2 heteroatoms. The molecule has 0 aromatic heterocycles. The Hall–Kier alpha value is -1.31. The fourth-order valence-corrected chi connectivity index (χ4v) is 2.50. The summed E-state index contributed by atoms with van der Waals surface area (Å²) >= 11 is 0. The third-order valence-electron chi connectivity index (χ3n) is 3.44. The smallest absolute Gasteiger partial charge is 0.220 e. The first-order valence-corrected chi connectivity index (χ1v) is 6.13. The molecule has 86 valence electrons. The lowest BCUT2D eigenvalue weighted by Crippen LogP contribution is -2.38. The van der Waals surface area contributed by atoms with Gasteiger partial charge in [0.1, 0.15) is 0 Å². The molecular formula is C14H19NO. The van der Waals surface area contributed by atoms with E-state index in [1.54, 1.807) is 0 Å². The van der Waals surface area contributed by atoms with Crippen LogP contribution < -0.4 is 5.32 Å². The number of benzene rings is 1. The summed E-state index contributed by atoms with van der Waals surface area (Å²) in [5.41, 5.74) is 1.17. The zero-order chi connectivity index (χ0) is 11.4. The molecule has 2 rings (SSSR count). The molecule has 0 aliphatic carbocycles. The maximum Gasteiger partial charge on any atom is 0.220 e. The summed E-state index contributed by atoms with van der Waals surface area (Å²) in [6.07, 6.45) is 4.99. The first-order valence-electron chi connectivity index (χ1n) is 6.13. The van der Waals surface area contributed by atoms with Gasteiger partial charge in [-0.1, -0.05) is 50.1 Å². The monoisotopic (exact) mass is 217 g/mol. The molecule has 1 atom stereocenters. The molecule has 1 aromatic rings. The molecule has 0 saturated carbocycles. The van der Waals surface area contributed by atoms with Crippen molar-refractivity contribution >= 4 is 5.91 Å². The summed E-state index contributed by atoms with van der Waals surface area (Å²) in [5, 5.41) is 3.18. The number of hydrogen-bond acceptors (Lipinski definition) is 1. The molecule has 1 aliphatic rings. The highest BCUT2D eigenvalue weighted by Crippen LogP contribution is 2.35. The SMILES string of the molecule is CCCCC1(c2ccccc2)CCC(=O)N1. The summed E-state index contributed by atoms with van der Waals surface area (Å²) in [4.78, 5) is 11.5. The second kappa shape index (κ2) is 4.69. The van der Waals surface area contributed by atoms with Gasteiger partial charge in [-0.25, -0.2) is 0 Å². The maximum atomic E-state index is 11.5. The highest BCUT2D eigenvalue weighted by Gasteiger charge is 2.38. The Balaban J connectivity index is 2.24. The third-order valence-corrected chi connectivity index (χ3v) is 3.44. The van der Waals surface area contributed by atoms with E-state index in [2.05, 4.69) is 24.4 Å². The molecular weight excluding hydrogens is 198 g/mol. The molecule has 0 bridgehead atoms. The average molecular weight is 217 g/mol. The summed E-state index contributed by atoms with van der Waals surface area (Å²) in [7, 11) is 0. The standard InChI is InChI=1S/C14H19NO/c1-2-3-10-14(11-9-13(16)15-14)12-7-5-4-6-8-12/h4-8H,2-3,9-11H2,1H3,(H,15,16). The van der Waals surface area contributed by atoms with Gasteiger partial charge in [-0.05, 0) is 18.4 Å². The molecule has 16 heavy (non-hydrogen) atoms. The molecule has 2 nitrogen and oxygen atoms in total. The average Bonchev–Trinajstić information content (AvgIpc) is 2.71. The quantitative estimate of drug-likeness (QED) is 0.825. The van der Waals surface area contributed by atoms with Crippen molar-refractivity contribution in [1.82, 2.24) is 5.32 Å². The first-order chi connectivity index (χ1) is 7.77. The summed E-state index contributed by atoms with van der Waals surface area (Å²) in [6, 6.07) is 10.4. The van der Waals surface area contributed by atoms with Crippen molar-refractivity contribution in [3.8, 4) is 0 Å². The third kappa shape index (κ3) is 2.11. The van der Waals surface area contributed by atoms with E-state index in [1.807, 2.05) is 18.2 Å². The number of unbranched alkanes of at least 4 members (excludes halogenated alkanes) is 1. The number of carbonyl (C=O) groups is 1. The van der Waals surface area contributed by atoms with Gasteiger partial charge >= 0.3 is 0 Å². The van der Waals surface area contributed by atoms with Gasteiger partial charge in [-0.2, -0.15) is 0 Å². The zero-order valence-electron chi connectivity index (χ0n) is 9.83. The van der Waals surface area contributed by atoms with E-state index < -0.39 is 0 Å². The Morgan fingerprint density at radius 1 is 1.31 bits per heavy atom. The van der Waals surface area contributed by atoms with Crippen LogP contribution in [0.4, 0.5) is 0 Å². The fraction of sp³-hybridized carbons (Fsp3) is 0.500. The molecule has 0 spiro atoms. The number of amides is 1. The van der Waals surface area contributed by atoms with E-state index in [1.165, 1.54) is 12.0 Å². The maximum absolute atomic E-state index is 11.5. The van der Waals surface area contributed by atoms with Crippen LogP contribution in [0.2, 0.25) is 0 Å². The molecule has 1 aliphatic heterocycles. The minimum Gasteiger partial charge on any atom is -0.347 e. The molecule has 1 heterocycles. The number of rotatable bonds is 4. The Morgan fingerprint density at radius 2 is 2.06 bits per heavy atom. The van der Waals surface area contributed by atoms with Crippen molar-refractivity contribution in [2.24, 2.45) is 0 Å². The Bertz CT molecular complexity index is 360. The van der Waals surface area contributed by atoms with Crippen LogP contribution in [0.15, 0.2) is 30.3 Å². The first kappa shape index (κ1) is 11.2. The van der Waals surface area contributed by atoms with E-state index in [4.69, 9.17) is 0 Å². The van der Waals surface area contributed by atoms with Crippen LogP contribution in [0.5, 0.6) is 0 Å². The highest BCUT2D eigenvalue weighted by atomic mass is 16.2. The lowest BCUT2D eigenvalue weighted by Gasteiger charge is -2.29. The van der Waals surface area contributed by atoms with Crippen LogP contribution in [0.1, 0.15) is 44.6 Å². The summed E-state index contributed by atoms with van der Waals surface area (Å²) < 4.78 is 0. The minimum absolute atomic E-state index is 0.0889. The van der Waals surface area contributed by atoms with Gasteiger partial charge in [0.25, 0.3) is 0 Å². The van der Waals surface area contributed by atoms with Crippen molar-refractivity contribution in [2.75, 3.05) is 0 Å². The van der Waals surface area contributed by atoms with E-state index in [0.717, 1.165) is 19.3 Å². The second-order valence-electron chi connectivity index (χ2n) is 4.60. The van der Waals surface area contributed by atoms with E-state index in [9.17, 15) is 4.79 Å². The van der Waals surface area contributed by atoms with Crippen LogP contribution >= 0.6 is 0 Å². The predicted octanol–water partition coefficient (Wildman–Crippen LogP) is 2.98. The summed E-state index contributed by atoms with van der Waals surface area (Å²) in [6.45, 7) is 2.19. The highest BCUT2D eigenvalue weighted by molar-refractivity contribution is 5.79. The molecule has 1 saturated heterocycles. The largest absolute Gasteiger partial charge is 0.347 e. The number of nitrogens with one attached hydrogen (secondary N) is 1. The van der Waals surface area contributed by atoms with Crippen molar-refractivity contribution in [3.63, 3.8) is 0 Å². The number of hydrogen-bond donors (Lipinski definition) is 1. The van der Waals surface area contributed by atoms with Crippen LogP contribution in [0.3, 0.4) is 0 Å². The Morgan fingerprint density at radius 3 is 2.62 bits per heavy atom. The lowest BCUT2D eigenvalue weighted by molar-refractivity contribution is -0.119. The van der Waals surface area contributed by atoms with Gasteiger partial charge < -0.3 is 5.32 Å². The van der Waals surface area contributed by atoms with E-state index >= 15 is 0 Å². The Kier molecular flexibility index (Phi) is 3.28. The fourth-order valence-electron chi connectivity index (χ4n) is 2.50. The van der Waals surface area contributed by atoms with Crippen LogP contribution in [0, 0.1) is 0 Å². The topological polar surface area (TPSA) is 29.1 Å². The zero-order valence-corrected chi connectivity index (χ0v) is 9.83. The second-order valence-corrected chi connectivity index (χ2v) is 4.60. The Labute approximate surface area is 97.1 Å². The van der Waals surface area contributed by atoms with Gasteiger partial charge in [-0.15, -0.1) is 0 Å². The van der Waals surface area contributed by atoms with Crippen LogP contribution in [-0.2, 0) is 10.3 Å². The molecule has 1 unspecified atom stereocenters. The van der Waals surface area contributed by atoms with Gasteiger partial charge in [0, 0.05) is 6.42 Å². The van der Waals surface area contributed by atoms with Crippen molar-refractivity contribution < 1.29 is 4.79 Å². The van der Waals surface area contributed by atoms with E-state index in [0.29, 0.717) is 6.42 Å². The van der Waals surface area contributed by atoms with Gasteiger partial charge in [-0.3, -0.25) is 4.79 Å². The van der Waals surface area contributed by atoms with Crippen molar-refractivity contribution in [1.29, 1.82) is 0 Å². The van der Waals surface area contributed by atoms with Gasteiger partial charge in [0.05, 0.1) is 5.54 Å². The summed E-state index contributed by atoms with van der Waals surface area (Å²) in [5.74, 6) is 0.194. The molecule has 1 aromatic carbocycles. The van der Waals surface area contributed by atoms with Gasteiger partial charge in [0.15, 0.2) is 0 Å². The minimum atomic E-state index is -0.0889. The van der Waals surface area contributed by atoms with Crippen LogP contribution in [0.25, 0.3) is 0 Å². The molecule has 0 radical (unpaired) electrons.